The van der Waals surface area contributed by atoms with Crippen LogP contribution in [0.15, 0.2) is 22.9 Å². The lowest BCUT2D eigenvalue weighted by atomic mass is 9.97. The number of hydrogen-bond donors (Lipinski definition) is 1. The number of pyridine rings is 1. The maximum Gasteiger partial charge on any atom is 0.329 e. The minimum absolute atomic E-state index is 0.349. The van der Waals surface area contributed by atoms with Crippen molar-refractivity contribution in [3.05, 3.63) is 45.5 Å². The smallest absolute Gasteiger partial charge is 0.329 e. The Morgan fingerprint density at radius 3 is 2.59 bits per heavy atom. The normalized spacial score (nSPS) is 11.0. The summed E-state index contributed by atoms with van der Waals surface area (Å²) < 4.78 is 5.18. The van der Waals surface area contributed by atoms with Gasteiger partial charge in [-0.3, -0.25) is 10.1 Å². The van der Waals surface area contributed by atoms with Crippen molar-refractivity contribution in [2.75, 3.05) is 0 Å². The Kier molecular flexibility index (Phi) is 3.05. The van der Waals surface area contributed by atoms with Gasteiger partial charge >= 0.3 is 5.69 Å². The summed E-state index contributed by atoms with van der Waals surface area (Å²) in [7, 11) is 0. The first-order chi connectivity index (χ1) is 10.4. The molecule has 1 N–H and O–H groups in total. The van der Waals surface area contributed by atoms with Crippen molar-refractivity contribution in [3.8, 4) is 16.9 Å². The van der Waals surface area contributed by atoms with Crippen LogP contribution >= 0.6 is 0 Å². The van der Waals surface area contributed by atoms with E-state index in [0.29, 0.717) is 16.7 Å². The zero-order chi connectivity index (χ0) is 16.0. The Labute approximate surface area is 125 Å². The van der Waals surface area contributed by atoms with E-state index in [1.165, 1.54) is 0 Å². The summed E-state index contributed by atoms with van der Waals surface area (Å²) in [4.78, 5) is 14.3. The number of benzene rings is 1. The van der Waals surface area contributed by atoms with Crippen LogP contribution in [0.2, 0.25) is 0 Å². The molecular formula is C15H13N3O4. The lowest BCUT2D eigenvalue weighted by Crippen LogP contribution is -1.93. The summed E-state index contributed by atoms with van der Waals surface area (Å²) in [6.45, 7) is 5.52. The number of rotatable bonds is 2. The van der Waals surface area contributed by atoms with Crippen molar-refractivity contribution in [1.29, 1.82) is 0 Å². The molecule has 0 aliphatic heterocycles. The van der Waals surface area contributed by atoms with Gasteiger partial charge in [-0.05, 0) is 44.0 Å². The van der Waals surface area contributed by atoms with Gasteiger partial charge in [0.15, 0.2) is 0 Å². The van der Waals surface area contributed by atoms with E-state index in [2.05, 4.69) is 10.1 Å². The Morgan fingerprint density at radius 1 is 1.27 bits per heavy atom. The standard InChI is InChI=1S/C15H13N3O4/c1-7-4-11-12(16-6-13(15(11)19)18(20)21)5-10(7)14-8(2)17-22-9(14)3/h4-6H,1-3H3,(H,16,19). The number of nitro groups is 1. The zero-order valence-electron chi connectivity index (χ0n) is 12.2. The maximum atomic E-state index is 10.9. The van der Waals surface area contributed by atoms with E-state index in [0.717, 1.165) is 28.6 Å². The number of aromatic nitrogens is 2. The average molecular weight is 299 g/mol. The lowest BCUT2D eigenvalue weighted by molar-refractivity contribution is -0.386. The molecule has 0 aliphatic rings. The molecule has 0 atom stereocenters. The predicted molar refractivity (Wildman–Crippen MR) is 79.8 cm³/mol. The van der Waals surface area contributed by atoms with Crippen LogP contribution in [0, 0.1) is 30.9 Å². The van der Waals surface area contributed by atoms with Gasteiger partial charge in [-0.25, -0.2) is 4.98 Å². The second kappa shape index (κ2) is 4.80. The van der Waals surface area contributed by atoms with E-state index in [9.17, 15) is 15.2 Å². The van der Waals surface area contributed by atoms with Crippen molar-refractivity contribution in [1.82, 2.24) is 10.1 Å². The first-order valence-corrected chi connectivity index (χ1v) is 6.60. The minimum Gasteiger partial charge on any atom is -0.502 e. The van der Waals surface area contributed by atoms with Crippen molar-refractivity contribution >= 4 is 16.6 Å². The Balaban J connectivity index is 2.31. The van der Waals surface area contributed by atoms with E-state index in [1.807, 2.05) is 20.8 Å². The molecule has 2 heterocycles. The zero-order valence-corrected chi connectivity index (χ0v) is 12.2. The summed E-state index contributed by atoms with van der Waals surface area (Å²) in [5.74, 6) is 0.314. The van der Waals surface area contributed by atoms with Crippen molar-refractivity contribution in [3.63, 3.8) is 0 Å². The molecule has 1 aromatic carbocycles. The molecule has 112 valence electrons. The molecule has 0 saturated carbocycles. The monoisotopic (exact) mass is 299 g/mol. The summed E-state index contributed by atoms with van der Waals surface area (Å²) in [6.07, 6.45) is 1.06. The van der Waals surface area contributed by atoms with Crippen LogP contribution in [-0.4, -0.2) is 20.2 Å². The van der Waals surface area contributed by atoms with Gasteiger partial charge in [-0.1, -0.05) is 5.16 Å². The van der Waals surface area contributed by atoms with Crippen molar-refractivity contribution in [2.24, 2.45) is 0 Å². The van der Waals surface area contributed by atoms with Gasteiger partial charge < -0.3 is 9.63 Å². The highest BCUT2D eigenvalue weighted by Gasteiger charge is 2.20. The molecule has 0 fully saturated rings. The second-order valence-electron chi connectivity index (χ2n) is 5.13. The first kappa shape index (κ1) is 14.0. The summed E-state index contributed by atoms with van der Waals surface area (Å²) in [6, 6.07) is 3.46. The molecule has 0 bridgehead atoms. The van der Waals surface area contributed by atoms with E-state index in [-0.39, 0.29) is 5.75 Å². The van der Waals surface area contributed by atoms with Crippen LogP contribution in [0.4, 0.5) is 5.69 Å². The number of hydrogen-bond acceptors (Lipinski definition) is 6. The van der Waals surface area contributed by atoms with Crippen LogP contribution in [0.25, 0.3) is 22.0 Å². The van der Waals surface area contributed by atoms with Crippen molar-refractivity contribution in [2.45, 2.75) is 20.8 Å². The predicted octanol–water partition coefficient (Wildman–Crippen LogP) is 3.43. The highest BCUT2D eigenvalue weighted by atomic mass is 16.6. The number of nitrogens with zero attached hydrogens (tertiary/aromatic N) is 3. The third kappa shape index (κ3) is 1.98. The highest BCUT2D eigenvalue weighted by molar-refractivity contribution is 5.93. The van der Waals surface area contributed by atoms with Crippen LogP contribution in [0.5, 0.6) is 5.75 Å². The summed E-state index contributed by atoms with van der Waals surface area (Å²) >= 11 is 0. The summed E-state index contributed by atoms with van der Waals surface area (Å²) in [5.41, 5.74) is 3.43. The number of aryl methyl sites for hydroxylation is 3. The fraction of sp³-hybridized carbons (Fsp3) is 0.200. The van der Waals surface area contributed by atoms with Gasteiger partial charge in [0, 0.05) is 10.9 Å². The van der Waals surface area contributed by atoms with E-state index in [1.54, 1.807) is 12.1 Å². The Hall–Kier alpha value is -2.96. The molecule has 0 saturated heterocycles. The molecule has 0 amide bonds. The van der Waals surface area contributed by atoms with Crippen molar-refractivity contribution < 1.29 is 14.6 Å². The Morgan fingerprint density at radius 2 is 2.00 bits per heavy atom. The molecule has 0 spiro atoms. The molecular weight excluding hydrogens is 286 g/mol. The van der Waals surface area contributed by atoms with Crippen LogP contribution < -0.4 is 0 Å². The second-order valence-corrected chi connectivity index (χ2v) is 5.13. The summed E-state index contributed by atoms with van der Waals surface area (Å²) in [5, 5.41) is 25.2. The molecule has 3 rings (SSSR count). The lowest BCUT2D eigenvalue weighted by Gasteiger charge is -2.08. The first-order valence-electron chi connectivity index (χ1n) is 6.60. The molecule has 7 heteroatoms. The highest BCUT2D eigenvalue weighted by Crippen LogP contribution is 2.37. The average Bonchev–Trinajstić information content (AvgIpc) is 2.78. The molecule has 7 nitrogen and oxygen atoms in total. The SMILES string of the molecule is Cc1cc2c(O)c([N+](=O)[O-])cnc2cc1-c1c(C)noc1C. The maximum absolute atomic E-state index is 10.9. The topological polar surface area (TPSA) is 102 Å². The van der Waals surface area contributed by atoms with Crippen LogP contribution in [0.1, 0.15) is 17.0 Å². The largest absolute Gasteiger partial charge is 0.502 e. The van der Waals surface area contributed by atoms with Crippen LogP contribution in [-0.2, 0) is 0 Å². The number of fused-ring (bicyclic) bond motifs is 1. The molecule has 0 radical (unpaired) electrons. The molecule has 0 unspecified atom stereocenters. The van der Waals surface area contributed by atoms with Gasteiger partial charge in [0.05, 0.1) is 16.1 Å². The quantitative estimate of drug-likeness (QED) is 0.574. The third-order valence-electron chi connectivity index (χ3n) is 3.67. The Bertz CT molecular complexity index is 895. The van der Waals surface area contributed by atoms with Gasteiger partial charge in [0.1, 0.15) is 12.0 Å². The van der Waals surface area contributed by atoms with Gasteiger partial charge in [0.25, 0.3) is 0 Å². The van der Waals surface area contributed by atoms with E-state index < -0.39 is 10.6 Å². The van der Waals surface area contributed by atoms with Gasteiger partial charge in [-0.15, -0.1) is 0 Å². The molecule has 2 aromatic heterocycles. The minimum atomic E-state index is -0.653. The fourth-order valence-corrected chi connectivity index (χ4v) is 2.59. The number of aromatic hydroxyl groups is 1. The molecule has 22 heavy (non-hydrogen) atoms. The van der Waals surface area contributed by atoms with E-state index >= 15 is 0 Å². The molecule has 0 aliphatic carbocycles. The molecule has 3 aromatic rings. The van der Waals surface area contributed by atoms with Gasteiger partial charge in [-0.2, -0.15) is 0 Å². The van der Waals surface area contributed by atoms with E-state index in [4.69, 9.17) is 4.52 Å². The fourth-order valence-electron chi connectivity index (χ4n) is 2.59. The van der Waals surface area contributed by atoms with Crippen LogP contribution in [0.3, 0.4) is 0 Å². The van der Waals surface area contributed by atoms with Gasteiger partial charge in [0.2, 0.25) is 5.75 Å². The third-order valence-corrected chi connectivity index (χ3v) is 3.67.